The number of hydrogen-bond acceptors (Lipinski definition) is 1. The summed E-state index contributed by atoms with van der Waals surface area (Å²) in [5.41, 5.74) is 13.9. The zero-order valence-electron chi connectivity index (χ0n) is 13.9. The van der Waals surface area contributed by atoms with Crippen LogP contribution in [0.5, 0.6) is 0 Å². The van der Waals surface area contributed by atoms with Crippen LogP contribution < -0.4 is 5.73 Å². The average Bonchev–Trinajstić information content (AvgIpc) is 2.69. The van der Waals surface area contributed by atoms with Crippen LogP contribution in [-0.2, 0) is 0 Å². The summed E-state index contributed by atoms with van der Waals surface area (Å²) in [6.45, 7) is 0. The van der Waals surface area contributed by atoms with E-state index in [2.05, 4.69) is 91.0 Å². The van der Waals surface area contributed by atoms with Gasteiger partial charge in [-0.1, -0.05) is 84.9 Å². The molecule has 4 rings (SSSR count). The number of benzene rings is 4. The fraction of sp³-hybridized carbons (Fsp3) is 0. The van der Waals surface area contributed by atoms with Crippen molar-refractivity contribution in [2.45, 2.75) is 0 Å². The van der Waals surface area contributed by atoms with E-state index < -0.39 is 0 Å². The van der Waals surface area contributed by atoms with Crippen molar-refractivity contribution in [3.63, 3.8) is 0 Å². The minimum Gasteiger partial charge on any atom is -0.399 e. The van der Waals surface area contributed by atoms with Gasteiger partial charge in [0.15, 0.2) is 0 Å². The first kappa shape index (κ1) is 15.2. The molecule has 4 aromatic carbocycles. The quantitative estimate of drug-likeness (QED) is 0.442. The lowest BCUT2D eigenvalue weighted by molar-refractivity contribution is 1.56. The van der Waals surface area contributed by atoms with Crippen LogP contribution >= 0.6 is 0 Å². The number of rotatable bonds is 3. The fourth-order valence-corrected chi connectivity index (χ4v) is 3.13. The molecule has 0 saturated heterocycles. The number of anilines is 1. The summed E-state index contributed by atoms with van der Waals surface area (Å²) in [5.74, 6) is 0. The van der Waals surface area contributed by atoms with Crippen LogP contribution in [0.25, 0.3) is 33.4 Å². The van der Waals surface area contributed by atoms with Crippen molar-refractivity contribution >= 4 is 5.69 Å². The van der Waals surface area contributed by atoms with Gasteiger partial charge in [-0.15, -0.1) is 0 Å². The summed E-state index contributed by atoms with van der Waals surface area (Å²) < 4.78 is 0. The van der Waals surface area contributed by atoms with Crippen LogP contribution in [0, 0.1) is 0 Å². The molecule has 0 aliphatic rings. The zero-order chi connectivity index (χ0) is 17.1. The van der Waals surface area contributed by atoms with Gasteiger partial charge in [0.1, 0.15) is 0 Å². The van der Waals surface area contributed by atoms with Gasteiger partial charge in [0.2, 0.25) is 0 Å². The minimum absolute atomic E-state index is 0.785. The Bertz CT molecular complexity index is 971. The lowest BCUT2D eigenvalue weighted by atomic mass is 9.91. The molecule has 0 saturated carbocycles. The van der Waals surface area contributed by atoms with Gasteiger partial charge in [-0.3, -0.25) is 0 Å². The predicted molar refractivity (Wildman–Crippen MR) is 107 cm³/mol. The Kier molecular flexibility index (Phi) is 4.05. The topological polar surface area (TPSA) is 26.0 Å². The Labute approximate surface area is 148 Å². The van der Waals surface area contributed by atoms with E-state index in [-0.39, 0.29) is 0 Å². The van der Waals surface area contributed by atoms with E-state index in [1.54, 1.807) is 0 Å². The minimum atomic E-state index is 0.785. The van der Waals surface area contributed by atoms with Crippen LogP contribution in [0.4, 0.5) is 5.69 Å². The van der Waals surface area contributed by atoms with Crippen LogP contribution in [0.15, 0.2) is 103 Å². The molecule has 0 bridgehead atoms. The van der Waals surface area contributed by atoms with Crippen molar-refractivity contribution in [3.05, 3.63) is 103 Å². The van der Waals surface area contributed by atoms with Crippen molar-refractivity contribution in [2.75, 3.05) is 5.73 Å². The molecule has 4 aromatic rings. The van der Waals surface area contributed by atoms with Crippen molar-refractivity contribution in [2.24, 2.45) is 0 Å². The lowest BCUT2D eigenvalue weighted by Gasteiger charge is -2.13. The van der Waals surface area contributed by atoms with Gasteiger partial charge in [0, 0.05) is 5.69 Å². The van der Waals surface area contributed by atoms with Gasteiger partial charge in [-0.25, -0.2) is 0 Å². The summed E-state index contributed by atoms with van der Waals surface area (Å²) in [7, 11) is 0. The van der Waals surface area contributed by atoms with E-state index in [0.717, 1.165) is 5.69 Å². The Hall–Kier alpha value is -3.32. The Morgan fingerprint density at radius 1 is 0.400 bits per heavy atom. The van der Waals surface area contributed by atoms with Crippen LogP contribution in [0.2, 0.25) is 0 Å². The predicted octanol–water partition coefficient (Wildman–Crippen LogP) is 6.27. The number of nitrogens with two attached hydrogens (primary N) is 1. The molecule has 1 heteroatoms. The second kappa shape index (κ2) is 6.66. The molecule has 1 nitrogen and oxygen atoms in total. The summed E-state index contributed by atoms with van der Waals surface area (Å²) in [5, 5.41) is 0. The molecule has 0 aromatic heterocycles. The van der Waals surface area contributed by atoms with Gasteiger partial charge >= 0.3 is 0 Å². The largest absolute Gasteiger partial charge is 0.399 e. The molecule has 0 radical (unpaired) electrons. The maximum atomic E-state index is 5.83. The van der Waals surface area contributed by atoms with E-state index in [9.17, 15) is 0 Å². The molecular weight excluding hydrogens is 302 g/mol. The molecule has 2 N–H and O–H groups in total. The third-order valence-corrected chi connectivity index (χ3v) is 4.43. The van der Waals surface area contributed by atoms with E-state index >= 15 is 0 Å². The summed E-state index contributed by atoms with van der Waals surface area (Å²) in [6, 6.07) is 35.8. The molecule has 0 heterocycles. The number of hydrogen-bond donors (Lipinski definition) is 1. The SMILES string of the molecule is Nc1ccc(-c2ccc(-c3ccccc3)c(-c3ccccc3)c2)cc1. The van der Waals surface area contributed by atoms with Crippen molar-refractivity contribution < 1.29 is 0 Å². The molecule has 120 valence electrons. The van der Waals surface area contributed by atoms with E-state index in [4.69, 9.17) is 5.73 Å². The van der Waals surface area contributed by atoms with Gasteiger partial charge in [-0.05, 0) is 51.6 Å². The first-order valence-electron chi connectivity index (χ1n) is 8.42. The fourth-order valence-electron chi connectivity index (χ4n) is 3.13. The molecule has 0 atom stereocenters. The Balaban J connectivity index is 1.90. The Morgan fingerprint density at radius 3 is 1.52 bits per heavy atom. The van der Waals surface area contributed by atoms with Crippen LogP contribution in [-0.4, -0.2) is 0 Å². The molecule has 0 fully saturated rings. The highest BCUT2D eigenvalue weighted by molar-refractivity contribution is 5.87. The first-order valence-corrected chi connectivity index (χ1v) is 8.42. The van der Waals surface area contributed by atoms with Gasteiger partial charge in [0.25, 0.3) is 0 Å². The maximum absolute atomic E-state index is 5.83. The number of nitrogen functional groups attached to an aromatic ring is 1. The second-order valence-electron chi connectivity index (χ2n) is 6.11. The molecule has 0 amide bonds. The summed E-state index contributed by atoms with van der Waals surface area (Å²) in [6.07, 6.45) is 0. The van der Waals surface area contributed by atoms with E-state index in [1.807, 2.05) is 12.1 Å². The zero-order valence-corrected chi connectivity index (χ0v) is 13.9. The van der Waals surface area contributed by atoms with Crippen LogP contribution in [0.3, 0.4) is 0 Å². The van der Waals surface area contributed by atoms with Crippen molar-refractivity contribution in [1.82, 2.24) is 0 Å². The van der Waals surface area contributed by atoms with Crippen molar-refractivity contribution in [1.29, 1.82) is 0 Å². The average molecular weight is 321 g/mol. The van der Waals surface area contributed by atoms with Gasteiger partial charge < -0.3 is 5.73 Å². The molecular formula is C24H19N. The lowest BCUT2D eigenvalue weighted by Crippen LogP contribution is -1.88. The molecule has 0 aliphatic heterocycles. The van der Waals surface area contributed by atoms with Gasteiger partial charge in [0.05, 0.1) is 0 Å². The van der Waals surface area contributed by atoms with E-state index in [0.29, 0.717) is 0 Å². The normalized spacial score (nSPS) is 10.6. The molecule has 0 spiro atoms. The molecule has 0 aliphatic carbocycles. The van der Waals surface area contributed by atoms with Crippen molar-refractivity contribution in [3.8, 4) is 33.4 Å². The Morgan fingerprint density at radius 2 is 0.920 bits per heavy atom. The third-order valence-electron chi connectivity index (χ3n) is 4.43. The maximum Gasteiger partial charge on any atom is 0.0314 e. The first-order chi connectivity index (χ1) is 12.3. The van der Waals surface area contributed by atoms with E-state index in [1.165, 1.54) is 33.4 Å². The molecule has 0 unspecified atom stereocenters. The van der Waals surface area contributed by atoms with Gasteiger partial charge in [-0.2, -0.15) is 0 Å². The molecule has 25 heavy (non-hydrogen) atoms. The van der Waals surface area contributed by atoms with Crippen LogP contribution in [0.1, 0.15) is 0 Å². The summed E-state index contributed by atoms with van der Waals surface area (Å²) >= 11 is 0. The standard InChI is InChI=1S/C24H19N/c25-22-14-11-18(12-15-22)21-13-16-23(19-7-3-1-4-8-19)24(17-21)20-9-5-2-6-10-20/h1-17H,25H2. The second-order valence-corrected chi connectivity index (χ2v) is 6.11. The smallest absolute Gasteiger partial charge is 0.0314 e. The highest BCUT2D eigenvalue weighted by Crippen LogP contribution is 2.35. The highest BCUT2D eigenvalue weighted by Gasteiger charge is 2.09. The monoisotopic (exact) mass is 321 g/mol. The third kappa shape index (κ3) is 3.17. The highest BCUT2D eigenvalue weighted by atomic mass is 14.5. The summed E-state index contributed by atoms with van der Waals surface area (Å²) in [4.78, 5) is 0.